The van der Waals surface area contributed by atoms with E-state index in [-0.39, 0.29) is 22.9 Å². The van der Waals surface area contributed by atoms with E-state index in [0.29, 0.717) is 83.1 Å². The van der Waals surface area contributed by atoms with Crippen molar-refractivity contribution in [3.8, 4) is 11.5 Å². The number of ether oxygens (including phenoxy) is 3. The van der Waals surface area contributed by atoms with E-state index < -0.39 is 10.0 Å². The number of hydrogen-bond acceptors (Lipinski definition) is 7. The van der Waals surface area contributed by atoms with E-state index in [9.17, 15) is 18.0 Å². The molecule has 0 aromatic heterocycles. The molecule has 2 aliphatic heterocycles. The molecule has 3 rings (SSSR count). The van der Waals surface area contributed by atoms with Crippen LogP contribution < -0.4 is 19.5 Å². The van der Waals surface area contributed by atoms with E-state index in [1.807, 2.05) is 0 Å². The largest absolute Gasteiger partial charge is 0.486 e. The Morgan fingerprint density at radius 2 is 1.82 bits per heavy atom. The maximum atomic E-state index is 12.5. The molecule has 0 spiro atoms. The summed E-state index contributed by atoms with van der Waals surface area (Å²) in [6.07, 6.45) is 3.57. The van der Waals surface area contributed by atoms with Crippen LogP contribution in [0.1, 0.15) is 45.4 Å². The molecule has 184 valence electrons. The lowest BCUT2D eigenvalue weighted by Gasteiger charge is -2.31. The molecule has 2 amide bonds. The van der Waals surface area contributed by atoms with Crippen molar-refractivity contribution in [3.63, 3.8) is 0 Å². The molecule has 0 unspecified atom stereocenters. The maximum absolute atomic E-state index is 12.5. The number of unbranched alkanes of at least 4 members (excludes halogenated alkanes) is 2. The van der Waals surface area contributed by atoms with Gasteiger partial charge in [0.25, 0.3) is 0 Å². The van der Waals surface area contributed by atoms with Crippen LogP contribution in [0.2, 0.25) is 0 Å². The van der Waals surface area contributed by atoms with Crippen molar-refractivity contribution in [1.82, 2.24) is 14.9 Å². The Labute approximate surface area is 195 Å². The smallest absolute Gasteiger partial charge is 0.409 e. The predicted octanol–water partition coefficient (Wildman–Crippen LogP) is 2.03. The van der Waals surface area contributed by atoms with Crippen molar-refractivity contribution in [2.45, 2.75) is 56.4 Å². The van der Waals surface area contributed by atoms with Gasteiger partial charge in [0.05, 0.1) is 11.5 Å². The van der Waals surface area contributed by atoms with Crippen molar-refractivity contribution in [3.05, 3.63) is 18.2 Å². The number of likely N-dealkylation sites (tertiary alicyclic amines) is 1. The van der Waals surface area contributed by atoms with E-state index >= 15 is 0 Å². The molecule has 10 nitrogen and oxygen atoms in total. The fourth-order valence-electron chi connectivity index (χ4n) is 3.79. The Balaban J connectivity index is 1.28. The molecule has 1 aromatic carbocycles. The van der Waals surface area contributed by atoms with Crippen LogP contribution in [-0.2, 0) is 19.6 Å². The van der Waals surface area contributed by atoms with Gasteiger partial charge in [-0.3, -0.25) is 4.79 Å². The number of fused-ring (bicyclic) bond motifs is 1. The van der Waals surface area contributed by atoms with Crippen molar-refractivity contribution in [1.29, 1.82) is 0 Å². The first-order chi connectivity index (χ1) is 15.9. The molecule has 2 heterocycles. The van der Waals surface area contributed by atoms with Gasteiger partial charge in [-0.25, -0.2) is 17.9 Å². The number of carbonyl (C=O) groups is 2. The molecule has 33 heavy (non-hydrogen) atoms. The number of carbonyl (C=O) groups excluding carboxylic acids is 2. The quantitative estimate of drug-likeness (QED) is 0.488. The SMILES string of the molecule is CCOC(=O)N1CCC(NC(=O)CCCCCNS(=O)(=O)c2ccc3c(c2)OCCO3)CC1. The molecule has 0 radical (unpaired) electrons. The fraction of sp³-hybridized carbons (Fsp3) is 0.636. The van der Waals surface area contributed by atoms with Crippen LogP contribution in [0.3, 0.4) is 0 Å². The minimum atomic E-state index is -3.63. The predicted molar refractivity (Wildman–Crippen MR) is 121 cm³/mol. The van der Waals surface area contributed by atoms with Gasteiger partial charge >= 0.3 is 6.09 Å². The normalized spacial score (nSPS) is 16.3. The summed E-state index contributed by atoms with van der Waals surface area (Å²) in [5.74, 6) is 0.964. The third kappa shape index (κ3) is 7.50. The van der Waals surface area contributed by atoms with Crippen molar-refractivity contribution in [2.75, 3.05) is 39.5 Å². The summed E-state index contributed by atoms with van der Waals surface area (Å²) >= 11 is 0. The van der Waals surface area contributed by atoms with Crippen LogP contribution in [0.15, 0.2) is 23.1 Å². The Kier molecular flexibility index (Phi) is 9.19. The summed E-state index contributed by atoms with van der Waals surface area (Å²) in [5.41, 5.74) is 0. The molecule has 0 atom stereocenters. The van der Waals surface area contributed by atoms with Gasteiger partial charge in [0.1, 0.15) is 13.2 Å². The highest BCUT2D eigenvalue weighted by Crippen LogP contribution is 2.32. The lowest BCUT2D eigenvalue weighted by atomic mass is 10.0. The Hall–Kier alpha value is -2.53. The Bertz CT molecular complexity index is 915. The minimum absolute atomic E-state index is 0.0126. The number of rotatable bonds is 10. The highest BCUT2D eigenvalue weighted by molar-refractivity contribution is 7.89. The number of sulfonamides is 1. The third-order valence-electron chi connectivity index (χ3n) is 5.58. The van der Waals surface area contributed by atoms with Gasteiger partial charge in [0.2, 0.25) is 15.9 Å². The standard InChI is InChI=1S/C22H33N3O7S/c1-2-30-22(27)25-12-9-17(10-13-25)24-21(26)6-4-3-5-11-23-33(28,29)18-7-8-19-20(16-18)32-15-14-31-19/h7-8,16-17,23H,2-6,9-15H2,1H3,(H,24,26). The van der Waals surface area contributed by atoms with E-state index in [1.54, 1.807) is 17.9 Å². The Morgan fingerprint density at radius 3 is 2.55 bits per heavy atom. The summed E-state index contributed by atoms with van der Waals surface area (Å²) in [7, 11) is -3.63. The highest BCUT2D eigenvalue weighted by atomic mass is 32.2. The molecule has 0 saturated carbocycles. The average Bonchev–Trinajstić information content (AvgIpc) is 2.81. The second kappa shape index (κ2) is 12.1. The zero-order chi connectivity index (χ0) is 23.7. The first-order valence-corrected chi connectivity index (χ1v) is 13.0. The number of amides is 2. The number of nitrogens with zero attached hydrogens (tertiary/aromatic N) is 1. The molecule has 2 aliphatic rings. The van der Waals surface area contributed by atoms with Gasteiger partial charge < -0.3 is 24.4 Å². The number of nitrogens with one attached hydrogen (secondary N) is 2. The maximum Gasteiger partial charge on any atom is 0.409 e. The first-order valence-electron chi connectivity index (χ1n) is 11.5. The van der Waals surface area contributed by atoms with E-state index in [0.717, 1.165) is 6.42 Å². The summed E-state index contributed by atoms with van der Waals surface area (Å²) in [4.78, 5) is 25.7. The first kappa shape index (κ1) is 25.1. The zero-order valence-electron chi connectivity index (χ0n) is 19.0. The lowest BCUT2D eigenvalue weighted by molar-refractivity contribution is -0.122. The minimum Gasteiger partial charge on any atom is -0.486 e. The summed E-state index contributed by atoms with van der Waals surface area (Å²) in [6.45, 7) is 4.43. The molecular formula is C22H33N3O7S. The van der Waals surface area contributed by atoms with Gasteiger partial charge in [-0.05, 0) is 44.7 Å². The second-order valence-corrected chi connectivity index (χ2v) is 9.81. The topological polar surface area (TPSA) is 123 Å². The number of benzene rings is 1. The van der Waals surface area contributed by atoms with Crippen LogP contribution in [0.4, 0.5) is 4.79 Å². The van der Waals surface area contributed by atoms with Gasteiger partial charge in [-0.2, -0.15) is 0 Å². The molecular weight excluding hydrogens is 450 g/mol. The van der Waals surface area contributed by atoms with Crippen LogP contribution in [0.5, 0.6) is 11.5 Å². The molecule has 0 aliphatic carbocycles. The number of hydrogen-bond donors (Lipinski definition) is 2. The van der Waals surface area contributed by atoms with Crippen LogP contribution in [-0.4, -0.2) is 70.8 Å². The van der Waals surface area contributed by atoms with Gasteiger partial charge in [0, 0.05) is 38.2 Å². The third-order valence-corrected chi connectivity index (χ3v) is 7.04. The van der Waals surface area contributed by atoms with E-state index in [2.05, 4.69) is 10.0 Å². The van der Waals surface area contributed by atoms with Crippen molar-refractivity contribution >= 4 is 22.0 Å². The highest BCUT2D eigenvalue weighted by Gasteiger charge is 2.24. The summed E-state index contributed by atoms with van der Waals surface area (Å²) in [5, 5.41) is 3.02. The van der Waals surface area contributed by atoms with Crippen molar-refractivity contribution < 1.29 is 32.2 Å². The van der Waals surface area contributed by atoms with Crippen molar-refractivity contribution in [2.24, 2.45) is 0 Å². The summed E-state index contributed by atoms with van der Waals surface area (Å²) < 4.78 is 43.4. The lowest BCUT2D eigenvalue weighted by Crippen LogP contribution is -2.46. The average molecular weight is 484 g/mol. The van der Waals surface area contributed by atoms with E-state index in [1.165, 1.54) is 12.1 Å². The molecule has 2 N–H and O–H groups in total. The van der Waals surface area contributed by atoms with Gasteiger partial charge in [0.15, 0.2) is 11.5 Å². The number of piperidine rings is 1. The molecule has 1 saturated heterocycles. The fourth-order valence-corrected chi connectivity index (χ4v) is 4.88. The molecule has 11 heteroatoms. The van der Waals surface area contributed by atoms with Gasteiger partial charge in [-0.15, -0.1) is 0 Å². The molecule has 1 aromatic rings. The second-order valence-electron chi connectivity index (χ2n) is 8.04. The zero-order valence-corrected chi connectivity index (χ0v) is 19.8. The van der Waals surface area contributed by atoms with Crippen LogP contribution in [0.25, 0.3) is 0 Å². The van der Waals surface area contributed by atoms with Crippen LogP contribution >= 0.6 is 0 Å². The Morgan fingerprint density at radius 1 is 1.09 bits per heavy atom. The molecule has 1 fully saturated rings. The van der Waals surface area contributed by atoms with Crippen LogP contribution in [0, 0.1) is 0 Å². The molecule has 0 bridgehead atoms. The summed E-state index contributed by atoms with van der Waals surface area (Å²) in [6, 6.07) is 4.64. The van der Waals surface area contributed by atoms with Gasteiger partial charge in [-0.1, -0.05) is 6.42 Å². The monoisotopic (exact) mass is 483 g/mol. The van der Waals surface area contributed by atoms with E-state index in [4.69, 9.17) is 14.2 Å².